The molecule has 0 N–H and O–H groups in total. The highest BCUT2D eigenvalue weighted by Gasteiger charge is 2.35. The van der Waals surface area contributed by atoms with Crippen LogP contribution in [-0.2, 0) is 4.79 Å². The summed E-state index contributed by atoms with van der Waals surface area (Å²) in [5.41, 5.74) is 0.234. The minimum absolute atomic E-state index is 0.234. The van der Waals surface area contributed by atoms with E-state index in [9.17, 15) is 10.1 Å². The molecule has 0 aliphatic carbocycles. The SMILES string of the molecule is [C-]#[N+]/C(C#N)=C1\N(CCCN2CCC(=O)CC2)CCN1C1CCN(C(C)C)CC1. The van der Waals surface area contributed by atoms with Gasteiger partial charge in [0.05, 0.1) is 12.6 Å². The second-order valence-electron chi connectivity index (χ2n) is 8.67. The number of piperidine rings is 2. The van der Waals surface area contributed by atoms with Gasteiger partial charge in [-0.25, -0.2) is 10.1 Å². The molecule has 0 amide bonds. The van der Waals surface area contributed by atoms with E-state index in [0.29, 0.717) is 30.7 Å². The lowest BCUT2D eigenvalue weighted by molar-refractivity contribution is -0.121. The van der Waals surface area contributed by atoms with Gasteiger partial charge in [0.25, 0.3) is 0 Å². The third-order valence-corrected chi connectivity index (χ3v) is 6.60. The van der Waals surface area contributed by atoms with E-state index in [2.05, 4.69) is 44.4 Å². The Morgan fingerprint density at radius 3 is 2.41 bits per heavy atom. The molecule has 0 bridgehead atoms. The van der Waals surface area contributed by atoms with E-state index in [4.69, 9.17) is 6.57 Å². The molecule has 3 aliphatic heterocycles. The van der Waals surface area contributed by atoms with Crippen LogP contribution in [0.15, 0.2) is 11.5 Å². The van der Waals surface area contributed by atoms with Crippen LogP contribution < -0.4 is 0 Å². The van der Waals surface area contributed by atoms with Crippen LogP contribution in [0.2, 0.25) is 0 Å². The number of nitrogens with zero attached hydrogens (tertiary/aromatic N) is 6. The molecule has 0 unspecified atom stereocenters. The maximum Gasteiger partial charge on any atom is 0.300 e. The Bertz CT molecular complexity index is 669. The molecule has 3 rings (SSSR count). The quantitative estimate of drug-likeness (QED) is 0.505. The van der Waals surface area contributed by atoms with Crippen molar-refractivity contribution >= 4 is 5.78 Å². The summed E-state index contributed by atoms with van der Waals surface area (Å²) in [5, 5.41) is 9.57. The van der Waals surface area contributed by atoms with Crippen molar-refractivity contribution in [1.82, 2.24) is 19.6 Å². The van der Waals surface area contributed by atoms with Crippen molar-refractivity contribution in [3.8, 4) is 6.07 Å². The number of likely N-dealkylation sites (tertiary alicyclic amines) is 2. The lowest BCUT2D eigenvalue weighted by Crippen LogP contribution is -2.46. The van der Waals surface area contributed by atoms with Crippen molar-refractivity contribution in [2.45, 2.75) is 58.0 Å². The number of carbonyl (C=O) groups excluding carboxylic acids is 1. The summed E-state index contributed by atoms with van der Waals surface area (Å²) in [4.78, 5) is 24.4. The molecule has 0 aromatic heterocycles. The van der Waals surface area contributed by atoms with Crippen LogP contribution in [0.3, 0.4) is 0 Å². The summed E-state index contributed by atoms with van der Waals surface area (Å²) in [5.74, 6) is 1.24. The van der Waals surface area contributed by atoms with Crippen molar-refractivity contribution in [3.63, 3.8) is 0 Å². The van der Waals surface area contributed by atoms with E-state index in [0.717, 1.165) is 77.4 Å². The van der Waals surface area contributed by atoms with Crippen molar-refractivity contribution in [2.75, 3.05) is 52.4 Å². The van der Waals surface area contributed by atoms with E-state index >= 15 is 0 Å². The molecule has 29 heavy (non-hydrogen) atoms. The third-order valence-electron chi connectivity index (χ3n) is 6.60. The first-order chi connectivity index (χ1) is 14.0. The summed E-state index contributed by atoms with van der Waals surface area (Å²) in [6.45, 7) is 19.5. The maximum absolute atomic E-state index is 11.4. The molecule has 3 aliphatic rings. The maximum atomic E-state index is 11.4. The predicted octanol–water partition coefficient (Wildman–Crippen LogP) is 2.14. The van der Waals surface area contributed by atoms with Crippen molar-refractivity contribution < 1.29 is 4.79 Å². The molecule has 7 nitrogen and oxygen atoms in total. The topological polar surface area (TPSA) is 58.2 Å². The molecule has 0 saturated carbocycles. The Balaban J connectivity index is 1.60. The van der Waals surface area contributed by atoms with Gasteiger partial charge in [-0.1, -0.05) is 0 Å². The number of carbonyl (C=O) groups is 1. The summed E-state index contributed by atoms with van der Waals surface area (Å²) in [6, 6.07) is 3.14. The molecule has 0 radical (unpaired) electrons. The number of hydrogen-bond acceptors (Lipinski definition) is 6. The van der Waals surface area contributed by atoms with Crippen LogP contribution in [0.1, 0.15) is 46.0 Å². The number of allylic oxidation sites excluding steroid dienone is 1. The first-order valence-electron chi connectivity index (χ1n) is 11.0. The number of ketones is 1. The van der Waals surface area contributed by atoms with Gasteiger partial charge >= 0.3 is 5.70 Å². The second-order valence-corrected chi connectivity index (χ2v) is 8.67. The number of hydrogen-bond donors (Lipinski definition) is 0. The highest BCUT2D eigenvalue weighted by atomic mass is 16.1. The van der Waals surface area contributed by atoms with Crippen LogP contribution in [0, 0.1) is 17.9 Å². The van der Waals surface area contributed by atoms with Gasteiger partial charge in [0.15, 0.2) is 0 Å². The smallest absolute Gasteiger partial charge is 0.300 e. The molecular formula is C22H34N6O. The fraction of sp³-hybridized carbons (Fsp3) is 0.773. The van der Waals surface area contributed by atoms with Gasteiger partial charge in [-0.05, 0) is 39.7 Å². The fourth-order valence-electron chi connectivity index (χ4n) is 4.83. The standard InChI is InChI=1S/C22H34N6O/c1-18(2)26-13-5-19(6-14-26)28-16-15-27(22(28)21(17-23)24-3)10-4-9-25-11-7-20(29)8-12-25/h18-19H,4-16H2,1-2H3/b22-21+. The average Bonchev–Trinajstić information content (AvgIpc) is 3.14. The lowest BCUT2D eigenvalue weighted by atomic mass is 10.0. The second kappa shape index (κ2) is 10.1. The van der Waals surface area contributed by atoms with Crippen LogP contribution in [0.4, 0.5) is 0 Å². The zero-order valence-electron chi connectivity index (χ0n) is 17.9. The molecule has 0 atom stereocenters. The fourth-order valence-corrected chi connectivity index (χ4v) is 4.83. The Labute approximate surface area is 175 Å². The minimum atomic E-state index is 0.234. The normalized spacial score (nSPS) is 24.1. The van der Waals surface area contributed by atoms with Crippen LogP contribution in [-0.4, -0.2) is 89.8 Å². The van der Waals surface area contributed by atoms with E-state index in [1.807, 2.05) is 0 Å². The summed E-state index contributed by atoms with van der Waals surface area (Å²) >= 11 is 0. The van der Waals surface area contributed by atoms with Crippen LogP contribution >= 0.6 is 0 Å². The molecule has 3 saturated heterocycles. The molecular weight excluding hydrogens is 364 g/mol. The summed E-state index contributed by atoms with van der Waals surface area (Å²) < 4.78 is 0. The Morgan fingerprint density at radius 1 is 1.14 bits per heavy atom. The largest absolute Gasteiger partial charge is 0.365 e. The summed E-state index contributed by atoms with van der Waals surface area (Å²) in [7, 11) is 0. The molecule has 0 spiro atoms. The van der Waals surface area contributed by atoms with E-state index in [1.54, 1.807) is 0 Å². The Hall–Kier alpha value is -2.09. The monoisotopic (exact) mass is 398 g/mol. The molecule has 0 aromatic carbocycles. The van der Waals surface area contributed by atoms with Crippen LogP contribution in [0.5, 0.6) is 0 Å². The molecule has 3 fully saturated rings. The zero-order chi connectivity index (χ0) is 20.8. The number of Topliss-reactive ketones (excluding diaryl/α,β-unsaturated/α-hetero) is 1. The van der Waals surface area contributed by atoms with E-state index in [1.165, 1.54) is 0 Å². The lowest BCUT2D eigenvalue weighted by Gasteiger charge is -2.40. The van der Waals surface area contributed by atoms with Gasteiger partial charge in [0.2, 0.25) is 0 Å². The molecule has 3 heterocycles. The summed E-state index contributed by atoms with van der Waals surface area (Å²) in [6.07, 6.45) is 4.53. The van der Waals surface area contributed by atoms with Gasteiger partial charge in [0, 0.05) is 70.7 Å². The zero-order valence-corrected chi connectivity index (χ0v) is 17.9. The van der Waals surface area contributed by atoms with Gasteiger partial charge < -0.3 is 19.6 Å². The highest BCUT2D eigenvalue weighted by Crippen LogP contribution is 2.30. The first-order valence-corrected chi connectivity index (χ1v) is 11.0. The van der Waals surface area contributed by atoms with E-state index < -0.39 is 0 Å². The van der Waals surface area contributed by atoms with Gasteiger partial charge in [-0.15, -0.1) is 0 Å². The number of nitriles is 1. The molecule has 0 aromatic rings. The van der Waals surface area contributed by atoms with E-state index in [-0.39, 0.29) is 5.70 Å². The highest BCUT2D eigenvalue weighted by molar-refractivity contribution is 5.79. The van der Waals surface area contributed by atoms with Crippen molar-refractivity contribution in [2.24, 2.45) is 0 Å². The third kappa shape index (κ3) is 5.29. The minimum Gasteiger partial charge on any atom is -0.365 e. The Morgan fingerprint density at radius 2 is 1.83 bits per heavy atom. The van der Waals surface area contributed by atoms with Gasteiger partial charge in [0.1, 0.15) is 11.6 Å². The van der Waals surface area contributed by atoms with Crippen molar-refractivity contribution in [1.29, 1.82) is 5.26 Å². The van der Waals surface area contributed by atoms with Crippen molar-refractivity contribution in [3.05, 3.63) is 22.9 Å². The Kier molecular flexibility index (Phi) is 7.52. The van der Waals surface area contributed by atoms with Gasteiger partial charge in [-0.2, -0.15) is 0 Å². The average molecular weight is 399 g/mol. The number of rotatable bonds is 6. The molecule has 158 valence electrons. The molecule has 7 heteroatoms. The van der Waals surface area contributed by atoms with Gasteiger partial charge in [-0.3, -0.25) is 4.79 Å². The van der Waals surface area contributed by atoms with Crippen LogP contribution in [0.25, 0.3) is 4.85 Å². The predicted molar refractivity (Wildman–Crippen MR) is 113 cm³/mol. The first kappa shape index (κ1) is 21.6.